The summed E-state index contributed by atoms with van der Waals surface area (Å²) < 4.78 is 6.00. The van der Waals surface area contributed by atoms with Gasteiger partial charge < -0.3 is 9.73 Å². The topological polar surface area (TPSA) is 25.2 Å². The zero-order chi connectivity index (χ0) is 23.8. The van der Waals surface area contributed by atoms with E-state index in [1.807, 2.05) is 19.2 Å². The van der Waals surface area contributed by atoms with Gasteiger partial charge in [0.25, 0.3) is 0 Å². The lowest BCUT2D eigenvalue weighted by atomic mass is 9.92. The predicted molar refractivity (Wildman–Crippen MR) is 149 cm³/mol. The van der Waals surface area contributed by atoms with Crippen LogP contribution in [0.3, 0.4) is 0 Å². The van der Waals surface area contributed by atoms with Gasteiger partial charge >= 0.3 is 0 Å². The van der Waals surface area contributed by atoms with Crippen LogP contribution in [-0.2, 0) is 6.42 Å². The van der Waals surface area contributed by atoms with E-state index in [1.54, 1.807) is 0 Å². The summed E-state index contributed by atoms with van der Waals surface area (Å²) in [6.07, 6.45) is 0.998. The van der Waals surface area contributed by atoms with Crippen molar-refractivity contribution in [2.45, 2.75) is 13.3 Å². The summed E-state index contributed by atoms with van der Waals surface area (Å²) in [6.45, 7) is 2.22. The van der Waals surface area contributed by atoms with Crippen LogP contribution in [0.2, 0.25) is 0 Å². The van der Waals surface area contributed by atoms with Gasteiger partial charge in [-0.05, 0) is 70.1 Å². The van der Waals surface area contributed by atoms with Crippen LogP contribution in [0.25, 0.3) is 55.3 Å². The maximum atomic E-state index is 6.00. The molecule has 0 bridgehead atoms. The Morgan fingerprint density at radius 2 is 1.20 bits per heavy atom. The summed E-state index contributed by atoms with van der Waals surface area (Å²) in [5, 5.41) is 5.66. The molecule has 6 rings (SSSR count). The second-order valence-corrected chi connectivity index (χ2v) is 8.91. The van der Waals surface area contributed by atoms with Crippen LogP contribution >= 0.6 is 0 Å². The summed E-state index contributed by atoms with van der Waals surface area (Å²) in [5.41, 5.74) is 11.7. The molecule has 0 saturated carbocycles. The fourth-order valence-corrected chi connectivity index (χ4v) is 5.01. The lowest BCUT2D eigenvalue weighted by Gasteiger charge is -2.15. The van der Waals surface area contributed by atoms with Crippen LogP contribution in [-0.4, -0.2) is 7.05 Å². The molecule has 0 aliphatic heterocycles. The maximum absolute atomic E-state index is 6.00. The number of furan rings is 1. The lowest BCUT2D eigenvalue weighted by Crippen LogP contribution is -1.95. The van der Waals surface area contributed by atoms with E-state index in [0.717, 1.165) is 34.0 Å². The molecule has 170 valence electrons. The van der Waals surface area contributed by atoms with Crippen molar-refractivity contribution in [3.63, 3.8) is 0 Å². The molecule has 0 aliphatic rings. The normalized spacial score (nSPS) is 11.3. The molecule has 2 nitrogen and oxygen atoms in total. The summed E-state index contributed by atoms with van der Waals surface area (Å²) in [6, 6.07) is 38.9. The molecular formula is C33H27NO. The number of hydrogen-bond donors (Lipinski definition) is 1. The van der Waals surface area contributed by atoms with Gasteiger partial charge in [0.1, 0.15) is 11.2 Å². The van der Waals surface area contributed by atoms with Crippen LogP contribution in [0.4, 0.5) is 5.69 Å². The summed E-state index contributed by atoms with van der Waals surface area (Å²) in [5.74, 6) is 0. The molecule has 1 aromatic heterocycles. The Kier molecular flexibility index (Phi) is 5.35. The Morgan fingerprint density at radius 1 is 0.571 bits per heavy atom. The van der Waals surface area contributed by atoms with Crippen molar-refractivity contribution in [3.05, 3.63) is 115 Å². The number of benzene rings is 5. The highest BCUT2D eigenvalue weighted by atomic mass is 16.3. The molecule has 0 spiro atoms. The first kappa shape index (κ1) is 21.2. The van der Waals surface area contributed by atoms with Crippen molar-refractivity contribution in [1.29, 1.82) is 0 Å². The van der Waals surface area contributed by atoms with Crippen molar-refractivity contribution in [1.82, 2.24) is 0 Å². The molecule has 5 aromatic carbocycles. The Labute approximate surface area is 205 Å². The third-order valence-corrected chi connectivity index (χ3v) is 6.91. The first-order chi connectivity index (χ1) is 17.2. The van der Waals surface area contributed by atoms with Gasteiger partial charge in [-0.15, -0.1) is 0 Å². The van der Waals surface area contributed by atoms with E-state index in [1.165, 1.54) is 38.9 Å². The fraction of sp³-hybridized carbons (Fsp3) is 0.0909. The molecule has 0 atom stereocenters. The van der Waals surface area contributed by atoms with E-state index in [2.05, 4.69) is 109 Å². The molecule has 0 amide bonds. The van der Waals surface area contributed by atoms with Gasteiger partial charge in [0, 0.05) is 29.1 Å². The summed E-state index contributed by atoms with van der Waals surface area (Å²) in [7, 11) is 1.98. The minimum Gasteiger partial charge on any atom is -0.456 e. The summed E-state index contributed by atoms with van der Waals surface area (Å²) >= 11 is 0. The zero-order valence-electron chi connectivity index (χ0n) is 20.0. The third kappa shape index (κ3) is 3.77. The summed E-state index contributed by atoms with van der Waals surface area (Å²) in [4.78, 5) is 0. The van der Waals surface area contributed by atoms with Gasteiger partial charge in [0.15, 0.2) is 0 Å². The van der Waals surface area contributed by atoms with Gasteiger partial charge in [-0.25, -0.2) is 0 Å². The highest BCUT2D eigenvalue weighted by molar-refractivity contribution is 6.06. The highest BCUT2D eigenvalue weighted by Crippen LogP contribution is 2.36. The first-order valence-corrected chi connectivity index (χ1v) is 12.2. The molecule has 0 aliphatic carbocycles. The van der Waals surface area contributed by atoms with E-state index in [-0.39, 0.29) is 0 Å². The number of fused-ring (bicyclic) bond motifs is 3. The largest absolute Gasteiger partial charge is 0.456 e. The van der Waals surface area contributed by atoms with E-state index in [4.69, 9.17) is 4.42 Å². The van der Waals surface area contributed by atoms with E-state index in [0.29, 0.717) is 0 Å². The molecule has 2 heteroatoms. The smallest absolute Gasteiger partial charge is 0.135 e. The Balaban J connectivity index is 1.38. The van der Waals surface area contributed by atoms with Crippen LogP contribution in [0, 0.1) is 0 Å². The third-order valence-electron chi connectivity index (χ3n) is 6.91. The molecule has 0 fully saturated rings. The van der Waals surface area contributed by atoms with Crippen molar-refractivity contribution >= 4 is 27.6 Å². The molecule has 0 radical (unpaired) electrons. The van der Waals surface area contributed by atoms with E-state index >= 15 is 0 Å². The average Bonchev–Trinajstić information content (AvgIpc) is 3.31. The van der Waals surface area contributed by atoms with Gasteiger partial charge in [0.2, 0.25) is 0 Å². The number of para-hydroxylation sites is 2. The second-order valence-electron chi connectivity index (χ2n) is 8.91. The molecular weight excluding hydrogens is 426 g/mol. The van der Waals surface area contributed by atoms with Gasteiger partial charge in [-0.1, -0.05) is 85.8 Å². The van der Waals surface area contributed by atoms with Crippen molar-refractivity contribution in [3.8, 4) is 33.4 Å². The quantitative estimate of drug-likeness (QED) is 0.281. The number of anilines is 1. The number of hydrogen-bond acceptors (Lipinski definition) is 2. The molecule has 35 heavy (non-hydrogen) atoms. The number of aryl methyl sites for hydroxylation is 1. The molecule has 1 heterocycles. The van der Waals surface area contributed by atoms with Crippen LogP contribution in [0.1, 0.15) is 12.5 Å². The minimum atomic E-state index is 0.928. The Bertz CT molecular complexity index is 1660. The van der Waals surface area contributed by atoms with Crippen molar-refractivity contribution in [2.24, 2.45) is 0 Å². The maximum Gasteiger partial charge on any atom is 0.135 e. The monoisotopic (exact) mass is 453 g/mol. The van der Waals surface area contributed by atoms with Crippen molar-refractivity contribution in [2.75, 3.05) is 12.4 Å². The van der Waals surface area contributed by atoms with E-state index < -0.39 is 0 Å². The molecule has 0 saturated heterocycles. The van der Waals surface area contributed by atoms with Gasteiger partial charge in [-0.3, -0.25) is 0 Å². The zero-order valence-corrected chi connectivity index (χ0v) is 20.0. The standard InChI is InChI=1S/C33H27NO/c1-3-22-12-17-25(20-29(22)27-8-4-6-10-31(27)34-2)23-13-15-24(16-14-23)26-18-19-33-30(21-26)28-9-5-7-11-32(28)35-33/h4-21,34H,3H2,1-2H3. The SMILES string of the molecule is CCc1ccc(-c2ccc(-c3ccc4oc5ccccc5c4c3)cc2)cc1-c1ccccc1NC. The van der Waals surface area contributed by atoms with Crippen LogP contribution in [0.5, 0.6) is 0 Å². The van der Waals surface area contributed by atoms with E-state index in [9.17, 15) is 0 Å². The second kappa shape index (κ2) is 8.81. The van der Waals surface area contributed by atoms with Crippen LogP contribution < -0.4 is 5.32 Å². The minimum absolute atomic E-state index is 0.928. The van der Waals surface area contributed by atoms with Gasteiger partial charge in [-0.2, -0.15) is 0 Å². The molecule has 0 unspecified atom stereocenters. The fourth-order valence-electron chi connectivity index (χ4n) is 5.01. The number of rotatable bonds is 5. The first-order valence-electron chi connectivity index (χ1n) is 12.2. The highest BCUT2D eigenvalue weighted by Gasteiger charge is 2.11. The van der Waals surface area contributed by atoms with Crippen molar-refractivity contribution < 1.29 is 4.42 Å². The van der Waals surface area contributed by atoms with Gasteiger partial charge in [0.05, 0.1) is 0 Å². The predicted octanol–water partition coefficient (Wildman–Crippen LogP) is 9.19. The molecule has 1 N–H and O–H groups in total. The lowest BCUT2D eigenvalue weighted by molar-refractivity contribution is 0.669. The number of nitrogens with one attached hydrogen (secondary N) is 1. The Hall–Kier alpha value is -4.30. The average molecular weight is 454 g/mol. The Morgan fingerprint density at radius 3 is 1.97 bits per heavy atom. The van der Waals surface area contributed by atoms with Crippen LogP contribution in [0.15, 0.2) is 114 Å². The molecule has 6 aromatic rings.